The van der Waals surface area contributed by atoms with E-state index < -0.39 is 26.7 Å². The molecule has 0 saturated carbocycles. The Morgan fingerprint density at radius 2 is 1.81 bits per heavy atom. The number of sulfonamides is 1. The van der Waals surface area contributed by atoms with E-state index in [9.17, 15) is 23.3 Å². The van der Waals surface area contributed by atoms with Gasteiger partial charge in [-0.3, -0.25) is 14.9 Å². The third-order valence-electron chi connectivity index (χ3n) is 5.53. The number of carbonyl (C=O) groups is 1. The Bertz CT molecular complexity index is 1110. The highest BCUT2D eigenvalue weighted by atomic mass is 32.2. The molecule has 0 heterocycles. The Labute approximate surface area is 182 Å². The Balaban J connectivity index is 1.87. The summed E-state index contributed by atoms with van der Waals surface area (Å²) in [5.74, 6) is -0.436. The first-order valence-electron chi connectivity index (χ1n) is 10.3. The summed E-state index contributed by atoms with van der Waals surface area (Å²) in [4.78, 5) is 23.5. The summed E-state index contributed by atoms with van der Waals surface area (Å²) in [5.41, 5.74) is 2.39. The SMILES string of the molecule is CCN(CC)S(=O)(=O)c1ccc(OC(C)C(=O)c2ccc3c(c2)CCC3)c([N+](=O)[O-])c1. The normalized spacial score (nSPS) is 14.3. The largest absolute Gasteiger partial charge is 0.475 e. The van der Waals surface area contributed by atoms with Crippen LogP contribution in [0.25, 0.3) is 0 Å². The van der Waals surface area contributed by atoms with Gasteiger partial charge in [0.2, 0.25) is 15.8 Å². The topological polar surface area (TPSA) is 107 Å². The molecule has 0 aliphatic heterocycles. The molecule has 0 bridgehead atoms. The maximum atomic E-state index is 12.8. The van der Waals surface area contributed by atoms with E-state index in [2.05, 4.69) is 0 Å². The van der Waals surface area contributed by atoms with E-state index in [1.54, 1.807) is 19.9 Å². The van der Waals surface area contributed by atoms with Crippen LogP contribution in [-0.4, -0.2) is 42.6 Å². The number of ether oxygens (including phenoxy) is 1. The van der Waals surface area contributed by atoms with Crippen molar-refractivity contribution in [2.75, 3.05) is 13.1 Å². The van der Waals surface area contributed by atoms with Crippen LogP contribution in [0.1, 0.15) is 48.7 Å². The highest BCUT2D eigenvalue weighted by molar-refractivity contribution is 7.89. The number of nitro groups is 1. The van der Waals surface area contributed by atoms with E-state index in [1.165, 1.54) is 28.9 Å². The van der Waals surface area contributed by atoms with Gasteiger partial charge in [-0.2, -0.15) is 4.31 Å². The molecule has 0 saturated heterocycles. The Hall–Kier alpha value is -2.78. The van der Waals surface area contributed by atoms with Crippen molar-refractivity contribution < 1.29 is 22.9 Å². The second-order valence-corrected chi connectivity index (χ2v) is 9.38. The van der Waals surface area contributed by atoms with Crippen molar-refractivity contribution in [3.8, 4) is 5.75 Å². The highest BCUT2D eigenvalue weighted by Gasteiger charge is 2.28. The first-order chi connectivity index (χ1) is 14.7. The van der Waals surface area contributed by atoms with Gasteiger partial charge in [-0.15, -0.1) is 0 Å². The number of nitrogens with zero attached hydrogens (tertiary/aromatic N) is 2. The maximum absolute atomic E-state index is 12.8. The molecule has 2 aromatic carbocycles. The van der Waals surface area contributed by atoms with Crippen molar-refractivity contribution in [1.82, 2.24) is 4.31 Å². The van der Waals surface area contributed by atoms with Crippen LogP contribution in [0.4, 0.5) is 5.69 Å². The van der Waals surface area contributed by atoms with Crippen LogP contribution in [0.15, 0.2) is 41.3 Å². The predicted molar refractivity (Wildman–Crippen MR) is 116 cm³/mol. The van der Waals surface area contributed by atoms with Gasteiger partial charge in [0.1, 0.15) is 0 Å². The number of rotatable bonds is 9. The number of hydrogen-bond donors (Lipinski definition) is 0. The average Bonchev–Trinajstić information content (AvgIpc) is 3.21. The zero-order chi connectivity index (χ0) is 22.8. The van der Waals surface area contributed by atoms with Crippen molar-refractivity contribution in [3.63, 3.8) is 0 Å². The van der Waals surface area contributed by atoms with Crippen molar-refractivity contribution in [2.45, 2.75) is 51.0 Å². The Morgan fingerprint density at radius 3 is 2.45 bits per heavy atom. The summed E-state index contributed by atoms with van der Waals surface area (Å²) < 4.78 is 32.2. The zero-order valence-corrected chi connectivity index (χ0v) is 18.6. The number of hydrogen-bond acceptors (Lipinski definition) is 6. The molecule has 2 aromatic rings. The lowest BCUT2D eigenvalue weighted by Gasteiger charge is -2.19. The number of fused-ring (bicyclic) bond motifs is 1. The summed E-state index contributed by atoms with van der Waals surface area (Å²) in [7, 11) is -3.86. The van der Waals surface area contributed by atoms with E-state index in [1.807, 2.05) is 12.1 Å². The van der Waals surface area contributed by atoms with Crippen LogP contribution in [0.2, 0.25) is 0 Å². The van der Waals surface area contributed by atoms with Gasteiger partial charge in [0.05, 0.1) is 9.82 Å². The minimum atomic E-state index is -3.86. The first-order valence-corrected chi connectivity index (χ1v) is 11.7. The second kappa shape index (κ2) is 9.15. The van der Waals surface area contributed by atoms with Crippen LogP contribution in [-0.2, 0) is 22.9 Å². The standard InChI is InChI=1S/C22H26N2O6S/c1-4-23(5-2)31(28,29)19-11-12-21(20(14-19)24(26)27)30-15(3)22(25)18-10-9-16-7-6-8-17(16)13-18/h9-15H,4-8H2,1-3H3. The number of carbonyl (C=O) groups excluding carboxylic acids is 1. The number of ketones is 1. The second-order valence-electron chi connectivity index (χ2n) is 7.44. The molecule has 1 aliphatic rings. The van der Waals surface area contributed by atoms with Gasteiger partial charge in [-0.1, -0.05) is 26.0 Å². The molecule has 31 heavy (non-hydrogen) atoms. The van der Waals surface area contributed by atoms with Crippen LogP contribution in [0, 0.1) is 10.1 Å². The molecule has 0 spiro atoms. The maximum Gasteiger partial charge on any atom is 0.312 e. The van der Waals surface area contributed by atoms with E-state index in [-0.39, 0.29) is 29.5 Å². The summed E-state index contributed by atoms with van der Waals surface area (Å²) in [5, 5.41) is 11.6. The third kappa shape index (κ3) is 4.62. The fraction of sp³-hybridized carbons (Fsp3) is 0.409. The van der Waals surface area contributed by atoms with Crippen LogP contribution >= 0.6 is 0 Å². The lowest BCUT2D eigenvalue weighted by molar-refractivity contribution is -0.386. The van der Waals surface area contributed by atoms with Gasteiger partial charge in [0, 0.05) is 24.7 Å². The predicted octanol–water partition coefficient (Wildman–Crippen LogP) is 3.76. The lowest BCUT2D eigenvalue weighted by Crippen LogP contribution is -2.30. The summed E-state index contributed by atoms with van der Waals surface area (Å²) in [6, 6.07) is 9.04. The van der Waals surface area contributed by atoms with E-state index >= 15 is 0 Å². The molecule has 0 N–H and O–H groups in total. The summed E-state index contributed by atoms with van der Waals surface area (Å²) >= 11 is 0. The quantitative estimate of drug-likeness (QED) is 0.330. The Kier molecular flexibility index (Phi) is 6.76. The number of Topliss-reactive ketones (excluding diaryl/α,β-unsaturated/α-hetero) is 1. The number of nitro benzene ring substituents is 1. The van der Waals surface area contributed by atoms with Gasteiger partial charge in [-0.25, -0.2) is 8.42 Å². The molecule has 3 rings (SSSR count). The molecule has 0 aromatic heterocycles. The van der Waals surface area contributed by atoms with Gasteiger partial charge in [0.25, 0.3) is 0 Å². The molecule has 0 amide bonds. The zero-order valence-electron chi connectivity index (χ0n) is 17.8. The molecule has 1 aliphatic carbocycles. The van der Waals surface area contributed by atoms with Crippen molar-refractivity contribution >= 4 is 21.5 Å². The van der Waals surface area contributed by atoms with Gasteiger partial charge in [-0.05, 0) is 55.5 Å². The number of benzene rings is 2. The molecule has 1 unspecified atom stereocenters. The smallest absolute Gasteiger partial charge is 0.312 e. The van der Waals surface area contributed by atoms with E-state index in [0.717, 1.165) is 30.9 Å². The summed E-state index contributed by atoms with van der Waals surface area (Å²) in [6.07, 6.45) is 2.03. The van der Waals surface area contributed by atoms with Crippen molar-refractivity contribution in [3.05, 3.63) is 63.2 Å². The van der Waals surface area contributed by atoms with Gasteiger partial charge >= 0.3 is 5.69 Å². The van der Waals surface area contributed by atoms with E-state index in [0.29, 0.717) is 5.56 Å². The number of aryl methyl sites for hydroxylation is 2. The van der Waals surface area contributed by atoms with Crippen LogP contribution in [0.3, 0.4) is 0 Å². The molecular formula is C22H26N2O6S. The monoisotopic (exact) mass is 446 g/mol. The van der Waals surface area contributed by atoms with Crippen molar-refractivity contribution in [2.24, 2.45) is 0 Å². The summed E-state index contributed by atoms with van der Waals surface area (Å²) in [6.45, 7) is 5.41. The minimum Gasteiger partial charge on any atom is -0.475 e. The van der Waals surface area contributed by atoms with Gasteiger partial charge in [0.15, 0.2) is 11.9 Å². The third-order valence-corrected chi connectivity index (χ3v) is 7.57. The molecule has 0 fully saturated rings. The molecule has 9 heteroatoms. The highest BCUT2D eigenvalue weighted by Crippen LogP contribution is 2.32. The van der Waals surface area contributed by atoms with Gasteiger partial charge < -0.3 is 4.74 Å². The lowest BCUT2D eigenvalue weighted by atomic mass is 10.0. The van der Waals surface area contributed by atoms with Crippen LogP contribution < -0.4 is 4.74 Å². The average molecular weight is 447 g/mol. The fourth-order valence-electron chi connectivity index (χ4n) is 3.82. The molecule has 8 nitrogen and oxygen atoms in total. The molecule has 1 atom stereocenters. The molecule has 166 valence electrons. The van der Waals surface area contributed by atoms with Crippen molar-refractivity contribution in [1.29, 1.82) is 0 Å². The first kappa shape index (κ1) is 22.9. The van der Waals surface area contributed by atoms with Crippen LogP contribution in [0.5, 0.6) is 5.75 Å². The fourth-order valence-corrected chi connectivity index (χ4v) is 5.29. The minimum absolute atomic E-state index is 0.148. The van der Waals surface area contributed by atoms with E-state index in [4.69, 9.17) is 4.74 Å². The molecule has 0 radical (unpaired) electrons. The molecular weight excluding hydrogens is 420 g/mol. The Morgan fingerprint density at radius 1 is 1.13 bits per heavy atom.